The van der Waals surface area contributed by atoms with Gasteiger partial charge in [0.1, 0.15) is 5.41 Å². The Bertz CT molecular complexity index is 396. The number of aryl methyl sites for hydroxylation is 1. The van der Waals surface area contributed by atoms with E-state index in [-0.39, 0.29) is 0 Å². The average Bonchev–Trinajstić information content (AvgIpc) is 2.49. The first-order valence-corrected chi connectivity index (χ1v) is 5.25. The summed E-state index contributed by atoms with van der Waals surface area (Å²) >= 11 is 1.28. The van der Waals surface area contributed by atoms with Gasteiger partial charge in [-0.15, -0.1) is 11.3 Å². The van der Waals surface area contributed by atoms with Crippen LogP contribution in [0.4, 0.5) is 0 Å². The van der Waals surface area contributed by atoms with Gasteiger partial charge in [-0.2, -0.15) is 0 Å². The lowest BCUT2D eigenvalue weighted by Gasteiger charge is -2.22. The Morgan fingerprint density at radius 1 is 1.47 bits per heavy atom. The third-order valence-corrected chi connectivity index (χ3v) is 3.62. The molecule has 0 saturated heterocycles. The van der Waals surface area contributed by atoms with Crippen LogP contribution in [-0.4, -0.2) is 22.2 Å². The molecule has 0 aliphatic rings. The lowest BCUT2D eigenvalue weighted by Crippen LogP contribution is -2.34. The van der Waals surface area contributed by atoms with Gasteiger partial charge in [-0.3, -0.25) is 9.59 Å². The van der Waals surface area contributed by atoms with Crippen molar-refractivity contribution in [2.24, 2.45) is 0 Å². The maximum absolute atomic E-state index is 11.2. The molecule has 1 atom stereocenters. The summed E-state index contributed by atoms with van der Waals surface area (Å²) in [6.45, 7) is 3.23. The molecule has 0 amide bonds. The van der Waals surface area contributed by atoms with E-state index in [0.29, 0.717) is 4.88 Å². The summed E-state index contributed by atoms with van der Waals surface area (Å²) in [4.78, 5) is 22.4. The van der Waals surface area contributed by atoms with E-state index in [0.717, 1.165) is 5.56 Å². The molecule has 82 valence electrons. The molecule has 4 nitrogen and oxygen atoms in total. The summed E-state index contributed by atoms with van der Waals surface area (Å²) in [5, 5.41) is 19.6. The van der Waals surface area contributed by atoms with Crippen LogP contribution in [-0.2, 0) is 15.0 Å². The van der Waals surface area contributed by atoms with Gasteiger partial charge in [0.2, 0.25) is 0 Å². The van der Waals surface area contributed by atoms with E-state index in [4.69, 9.17) is 10.2 Å². The molecule has 0 bridgehead atoms. The number of hydrogen-bond donors (Lipinski definition) is 2. The fraction of sp³-hybridized carbons (Fsp3) is 0.400. The number of aliphatic carboxylic acids is 2. The van der Waals surface area contributed by atoms with Crippen LogP contribution in [0.2, 0.25) is 0 Å². The molecule has 0 aliphatic heterocycles. The SMILES string of the molecule is Cc1ccsc1C(C)(CC(=O)O)C(=O)O. The quantitative estimate of drug-likeness (QED) is 0.825. The number of thiophene rings is 1. The minimum atomic E-state index is -1.33. The van der Waals surface area contributed by atoms with Crippen molar-refractivity contribution in [3.8, 4) is 0 Å². The Hall–Kier alpha value is -1.36. The molecule has 0 radical (unpaired) electrons. The van der Waals surface area contributed by atoms with Crippen LogP contribution in [0.5, 0.6) is 0 Å². The van der Waals surface area contributed by atoms with E-state index >= 15 is 0 Å². The van der Waals surface area contributed by atoms with Gasteiger partial charge < -0.3 is 10.2 Å². The number of carboxylic acids is 2. The molecule has 1 aromatic heterocycles. The zero-order valence-electron chi connectivity index (χ0n) is 8.48. The Kier molecular flexibility index (Phi) is 3.14. The van der Waals surface area contributed by atoms with Gasteiger partial charge in [-0.25, -0.2) is 0 Å². The molecule has 15 heavy (non-hydrogen) atoms. The molecule has 0 saturated carbocycles. The van der Waals surface area contributed by atoms with Crippen LogP contribution in [0.15, 0.2) is 11.4 Å². The maximum Gasteiger partial charge on any atom is 0.315 e. The van der Waals surface area contributed by atoms with E-state index in [2.05, 4.69) is 0 Å². The van der Waals surface area contributed by atoms with Gasteiger partial charge in [-0.05, 0) is 30.9 Å². The van der Waals surface area contributed by atoms with E-state index < -0.39 is 23.8 Å². The fourth-order valence-electron chi connectivity index (χ4n) is 1.49. The van der Waals surface area contributed by atoms with E-state index in [1.807, 2.05) is 0 Å². The molecule has 0 fully saturated rings. The van der Waals surface area contributed by atoms with Gasteiger partial charge in [-0.1, -0.05) is 0 Å². The molecule has 1 unspecified atom stereocenters. The largest absolute Gasteiger partial charge is 0.481 e. The highest BCUT2D eigenvalue weighted by molar-refractivity contribution is 7.10. The number of rotatable bonds is 4. The number of carbonyl (C=O) groups is 2. The topological polar surface area (TPSA) is 74.6 Å². The highest BCUT2D eigenvalue weighted by Gasteiger charge is 2.39. The van der Waals surface area contributed by atoms with Crippen molar-refractivity contribution in [3.05, 3.63) is 21.9 Å². The van der Waals surface area contributed by atoms with E-state index in [1.165, 1.54) is 18.3 Å². The first-order valence-electron chi connectivity index (χ1n) is 4.37. The summed E-state index contributed by atoms with van der Waals surface area (Å²) in [5.74, 6) is -2.21. The summed E-state index contributed by atoms with van der Waals surface area (Å²) in [6, 6.07) is 1.79. The van der Waals surface area contributed by atoms with Crippen molar-refractivity contribution in [3.63, 3.8) is 0 Å². The van der Waals surface area contributed by atoms with Crippen molar-refractivity contribution in [1.82, 2.24) is 0 Å². The maximum atomic E-state index is 11.2. The second kappa shape index (κ2) is 4.02. The zero-order valence-corrected chi connectivity index (χ0v) is 9.30. The van der Waals surface area contributed by atoms with Crippen molar-refractivity contribution < 1.29 is 19.8 Å². The van der Waals surface area contributed by atoms with Crippen LogP contribution in [0, 0.1) is 6.92 Å². The lowest BCUT2D eigenvalue weighted by molar-refractivity contribution is -0.149. The standard InChI is InChI=1S/C10H12O4S/c1-6-3-4-15-8(6)10(2,9(13)14)5-7(11)12/h3-4H,5H2,1-2H3,(H,11,12)(H,13,14). The third kappa shape index (κ3) is 2.18. The average molecular weight is 228 g/mol. The molecular weight excluding hydrogens is 216 g/mol. The van der Waals surface area contributed by atoms with Crippen molar-refractivity contribution in [2.75, 3.05) is 0 Å². The normalized spacial score (nSPS) is 14.5. The van der Waals surface area contributed by atoms with Gasteiger partial charge in [0, 0.05) is 4.88 Å². The fourth-order valence-corrected chi connectivity index (χ4v) is 2.58. The molecule has 0 aromatic carbocycles. The summed E-state index contributed by atoms with van der Waals surface area (Å²) < 4.78 is 0. The van der Waals surface area contributed by atoms with Crippen LogP contribution in [0.25, 0.3) is 0 Å². The summed E-state index contributed by atoms with van der Waals surface area (Å²) in [6.07, 6.45) is -0.399. The Labute approximate surface area is 91.2 Å². The molecule has 1 heterocycles. The molecule has 0 spiro atoms. The molecular formula is C10H12O4S. The van der Waals surface area contributed by atoms with Crippen molar-refractivity contribution in [1.29, 1.82) is 0 Å². The Morgan fingerprint density at radius 3 is 2.40 bits per heavy atom. The van der Waals surface area contributed by atoms with Crippen molar-refractivity contribution >= 4 is 23.3 Å². The predicted octanol–water partition coefficient (Wildman–Crippen LogP) is 1.87. The molecule has 5 heteroatoms. The van der Waals surface area contributed by atoms with Gasteiger partial charge >= 0.3 is 11.9 Å². The molecule has 0 aliphatic carbocycles. The highest BCUT2D eigenvalue weighted by Crippen LogP contribution is 2.34. The zero-order chi connectivity index (χ0) is 11.6. The second-order valence-corrected chi connectivity index (χ2v) is 4.56. The van der Waals surface area contributed by atoms with Crippen LogP contribution >= 0.6 is 11.3 Å². The first kappa shape index (κ1) is 11.7. The summed E-state index contributed by atoms with van der Waals surface area (Å²) in [5.41, 5.74) is -0.504. The minimum Gasteiger partial charge on any atom is -0.481 e. The summed E-state index contributed by atoms with van der Waals surface area (Å²) in [7, 11) is 0. The second-order valence-electron chi connectivity index (χ2n) is 3.64. The minimum absolute atomic E-state index is 0.399. The Morgan fingerprint density at radius 2 is 2.07 bits per heavy atom. The van der Waals surface area contributed by atoms with Gasteiger partial charge in [0.05, 0.1) is 6.42 Å². The predicted molar refractivity (Wildman–Crippen MR) is 56.3 cm³/mol. The Balaban J connectivity index is 3.18. The molecule has 1 aromatic rings. The smallest absolute Gasteiger partial charge is 0.315 e. The number of carboxylic acid groups (broad SMARTS) is 2. The van der Waals surface area contributed by atoms with E-state index in [1.54, 1.807) is 18.4 Å². The molecule has 1 rings (SSSR count). The van der Waals surface area contributed by atoms with Crippen molar-refractivity contribution in [2.45, 2.75) is 25.7 Å². The van der Waals surface area contributed by atoms with Crippen LogP contribution in [0.3, 0.4) is 0 Å². The van der Waals surface area contributed by atoms with Crippen LogP contribution < -0.4 is 0 Å². The monoisotopic (exact) mass is 228 g/mol. The van der Waals surface area contributed by atoms with E-state index in [9.17, 15) is 9.59 Å². The highest BCUT2D eigenvalue weighted by atomic mass is 32.1. The number of hydrogen-bond acceptors (Lipinski definition) is 3. The first-order chi connectivity index (χ1) is 6.88. The molecule has 2 N–H and O–H groups in total. The van der Waals surface area contributed by atoms with Crippen LogP contribution in [0.1, 0.15) is 23.8 Å². The third-order valence-electron chi connectivity index (χ3n) is 2.34. The lowest BCUT2D eigenvalue weighted by atomic mass is 9.83. The van der Waals surface area contributed by atoms with Gasteiger partial charge in [0.15, 0.2) is 0 Å². The van der Waals surface area contributed by atoms with Gasteiger partial charge in [0.25, 0.3) is 0 Å².